The van der Waals surface area contributed by atoms with Crippen molar-refractivity contribution in [3.8, 4) is 17.2 Å². The number of carbonyl (C=O) groups excluding carboxylic acids is 3. The highest BCUT2D eigenvalue weighted by molar-refractivity contribution is 5.87. The maximum Gasteiger partial charge on any atom is 0.330 e. The summed E-state index contributed by atoms with van der Waals surface area (Å²) in [4.78, 5) is 35.0. The second-order valence-corrected chi connectivity index (χ2v) is 10.3. The Morgan fingerprint density at radius 1 is 0.721 bits per heavy atom. The van der Waals surface area contributed by atoms with Crippen molar-refractivity contribution < 1.29 is 42.8 Å². The molecule has 0 saturated heterocycles. The maximum absolute atomic E-state index is 12.1. The zero-order valence-corrected chi connectivity index (χ0v) is 25.3. The lowest BCUT2D eigenvalue weighted by Gasteiger charge is -2.11. The van der Waals surface area contributed by atoms with Gasteiger partial charge in [0.15, 0.2) is 11.5 Å². The molecule has 1 aliphatic rings. The van der Waals surface area contributed by atoms with Crippen LogP contribution in [0.4, 0.5) is 0 Å². The smallest absolute Gasteiger partial charge is 0.330 e. The van der Waals surface area contributed by atoms with Crippen LogP contribution in [0.3, 0.4) is 0 Å². The van der Waals surface area contributed by atoms with Crippen molar-refractivity contribution in [3.63, 3.8) is 0 Å². The van der Waals surface area contributed by atoms with Crippen LogP contribution in [-0.2, 0) is 28.6 Å². The van der Waals surface area contributed by atoms with Crippen LogP contribution in [-0.4, -0.2) is 58.6 Å². The Balaban J connectivity index is 1.24. The first-order valence-corrected chi connectivity index (χ1v) is 14.7. The van der Waals surface area contributed by atoms with Gasteiger partial charge in [0.05, 0.1) is 46.6 Å². The summed E-state index contributed by atoms with van der Waals surface area (Å²) < 4.78 is 32.1. The third-order valence-electron chi connectivity index (χ3n) is 6.85. The summed E-state index contributed by atoms with van der Waals surface area (Å²) in [5.74, 6) is 1.56. The van der Waals surface area contributed by atoms with Crippen LogP contribution in [0, 0.1) is 11.8 Å². The Hall–Kier alpha value is -4.27. The molecule has 2 aromatic carbocycles. The molecule has 2 atom stereocenters. The van der Waals surface area contributed by atoms with E-state index >= 15 is 0 Å². The van der Waals surface area contributed by atoms with E-state index in [1.807, 2.05) is 24.3 Å². The molecule has 0 amide bonds. The molecule has 0 N–H and O–H groups in total. The number of rotatable bonds is 19. The summed E-state index contributed by atoms with van der Waals surface area (Å²) >= 11 is 0. The van der Waals surface area contributed by atoms with Crippen molar-refractivity contribution in [2.24, 2.45) is 11.8 Å². The van der Waals surface area contributed by atoms with Crippen LogP contribution in [0.15, 0.2) is 54.6 Å². The molecule has 0 spiro atoms. The van der Waals surface area contributed by atoms with E-state index in [0.29, 0.717) is 43.7 Å². The van der Waals surface area contributed by atoms with Crippen LogP contribution in [0.1, 0.15) is 56.6 Å². The summed E-state index contributed by atoms with van der Waals surface area (Å²) in [5, 5.41) is 0. The van der Waals surface area contributed by atoms with Gasteiger partial charge in [0.25, 0.3) is 0 Å². The molecule has 0 heterocycles. The van der Waals surface area contributed by atoms with Gasteiger partial charge in [-0.15, -0.1) is 0 Å². The van der Waals surface area contributed by atoms with E-state index in [2.05, 4.69) is 11.7 Å². The molecule has 2 unspecified atom stereocenters. The number of unbranched alkanes of at least 4 members (excludes halogenated alkanes) is 3. The van der Waals surface area contributed by atoms with E-state index < -0.39 is 11.9 Å². The molecule has 0 bridgehead atoms. The number of hydrogen-bond donors (Lipinski definition) is 0. The zero-order valence-electron chi connectivity index (χ0n) is 25.3. The minimum atomic E-state index is -0.443. The first kappa shape index (κ1) is 33.2. The molecule has 2 aromatic rings. The second-order valence-electron chi connectivity index (χ2n) is 10.3. The van der Waals surface area contributed by atoms with Crippen LogP contribution in [0.5, 0.6) is 17.2 Å². The SMILES string of the molecule is COC(=O)/C=C/c1ccc(OCCCOC(=O)/C=C/c2ccc(OCCCCCCOC(=O)C3CC3C)cc2)c(OC)c1. The van der Waals surface area contributed by atoms with Crippen LogP contribution in [0.25, 0.3) is 12.2 Å². The fourth-order valence-corrected chi connectivity index (χ4v) is 4.12. The highest BCUT2D eigenvalue weighted by atomic mass is 16.5. The summed E-state index contributed by atoms with van der Waals surface area (Å²) in [5.41, 5.74) is 1.62. The number of hydrogen-bond acceptors (Lipinski definition) is 9. The lowest BCUT2D eigenvalue weighted by Crippen LogP contribution is -2.08. The van der Waals surface area contributed by atoms with Gasteiger partial charge in [-0.3, -0.25) is 4.79 Å². The number of esters is 3. The Bertz CT molecular complexity index is 1230. The first-order valence-electron chi connectivity index (χ1n) is 14.7. The summed E-state index contributed by atoms with van der Waals surface area (Å²) in [7, 11) is 2.85. The molecule has 1 aliphatic carbocycles. The quantitative estimate of drug-likeness (QED) is 0.0832. The van der Waals surface area contributed by atoms with Crippen molar-refractivity contribution in [1.82, 2.24) is 0 Å². The zero-order chi connectivity index (χ0) is 30.9. The molecule has 232 valence electrons. The van der Waals surface area contributed by atoms with Gasteiger partial charge >= 0.3 is 17.9 Å². The third-order valence-corrected chi connectivity index (χ3v) is 6.85. The molecule has 9 heteroatoms. The van der Waals surface area contributed by atoms with Gasteiger partial charge in [-0.1, -0.05) is 25.1 Å². The van der Waals surface area contributed by atoms with E-state index in [-0.39, 0.29) is 18.5 Å². The highest BCUT2D eigenvalue weighted by Gasteiger charge is 2.40. The van der Waals surface area contributed by atoms with Gasteiger partial charge in [-0.25, -0.2) is 9.59 Å². The van der Waals surface area contributed by atoms with E-state index in [1.165, 1.54) is 26.4 Å². The predicted octanol–water partition coefficient (Wildman–Crippen LogP) is 6.05. The Labute approximate surface area is 253 Å². The molecule has 0 aliphatic heterocycles. The Morgan fingerprint density at radius 2 is 1.35 bits per heavy atom. The molecule has 3 rings (SSSR count). The van der Waals surface area contributed by atoms with Crippen LogP contribution >= 0.6 is 0 Å². The van der Waals surface area contributed by atoms with Gasteiger partial charge < -0.3 is 28.4 Å². The van der Waals surface area contributed by atoms with Crippen molar-refractivity contribution in [2.45, 2.75) is 45.4 Å². The number of ether oxygens (including phenoxy) is 6. The van der Waals surface area contributed by atoms with E-state index in [4.69, 9.17) is 23.7 Å². The van der Waals surface area contributed by atoms with E-state index in [1.54, 1.807) is 30.4 Å². The standard InChI is InChI=1S/C34H42O9/c1-25-23-29(25)34(37)43-20-7-5-4-6-19-40-28-14-9-26(10-15-28)12-18-33(36)42-22-8-21-41-30-16-11-27(24-31(30)38-2)13-17-32(35)39-3/h9-18,24-25,29H,4-8,19-23H2,1-3H3/b17-13+,18-12+. The van der Waals surface area contributed by atoms with Crippen molar-refractivity contribution in [3.05, 3.63) is 65.7 Å². The maximum atomic E-state index is 12.1. The molecular formula is C34H42O9. The molecule has 0 aromatic heterocycles. The van der Waals surface area contributed by atoms with Gasteiger partial charge in [-0.2, -0.15) is 0 Å². The molecule has 1 saturated carbocycles. The number of methoxy groups -OCH3 is 2. The molecule has 9 nitrogen and oxygen atoms in total. The number of carbonyl (C=O) groups is 3. The normalized spacial score (nSPS) is 15.7. The van der Waals surface area contributed by atoms with Crippen LogP contribution in [0.2, 0.25) is 0 Å². The van der Waals surface area contributed by atoms with Crippen molar-refractivity contribution >= 4 is 30.1 Å². The summed E-state index contributed by atoms with van der Waals surface area (Å²) in [6, 6.07) is 12.8. The second kappa shape index (κ2) is 18.3. The minimum absolute atomic E-state index is 0.0396. The van der Waals surface area contributed by atoms with Gasteiger partial charge in [0.1, 0.15) is 5.75 Å². The lowest BCUT2D eigenvalue weighted by molar-refractivity contribution is -0.145. The van der Waals surface area contributed by atoms with Gasteiger partial charge in [0, 0.05) is 18.6 Å². The van der Waals surface area contributed by atoms with Crippen LogP contribution < -0.4 is 14.2 Å². The predicted molar refractivity (Wildman–Crippen MR) is 163 cm³/mol. The summed E-state index contributed by atoms with van der Waals surface area (Å²) in [6.45, 7) is 3.75. The molecule has 1 fully saturated rings. The van der Waals surface area contributed by atoms with Gasteiger partial charge in [-0.05, 0) is 85.6 Å². The molecule has 0 radical (unpaired) electrons. The van der Waals surface area contributed by atoms with Gasteiger partial charge in [0.2, 0.25) is 0 Å². The Morgan fingerprint density at radius 3 is 2.05 bits per heavy atom. The molecular weight excluding hydrogens is 552 g/mol. The van der Waals surface area contributed by atoms with Crippen molar-refractivity contribution in [1.29, 1.82) is 0 Å². The van der Waals surface area contributed by atoms with Crippen molar-refractivity contribution in [2.75, 3.05) is 40.6 Å². The molecule has 43 heavy (non-hydrogen) atoms. The lowest BCUT2D eigenvalue weighted by atomic mass is 10.2. The fourth-order valence-electron chi connectivity index (χ4n) is 4.12. The minimum Gasteiger partial charge on any atom is -0.494 e. The van der Waals surface area contributed by atoms with E-state index in [9.17, 15) is 14.4 Å². The third kappa shape index (κ3) is 12.6. The monoisotopic (exact) mass is 594 g/mol. The summed E-state index contributed by atoms with van der Waals surface area (Å²) in [6.07, 6.45) is 11.3. The highest BCUT2D eigenvalue weighted by Crippen LogP contribution is 2.38. The topological polar surface area (TPSA) is 107 Å². The average Bonchev–Trinajstić information content (AvgIpc) is 3.77. The van der Waals surface area contributed by atoms with E-state index in [0.717, 1.165) is 49.0 Å². The largest absolute Gasteiger partial charge is 0.494 e. The Kier molecular flexibility index (Phi) is 14.1. The first-order chi connectivity index (χ1) is 20.9. The fraction of sp³-hybridized carbons (Fsp3) is 0.441. The average molecular weight is 595 g/mol. The number of benzene rings is 2.